The summed E-state index contributed by atoms with van der Waals surface area (Å²) in [5, 5.41) is 0.0683. The van der Waals surface area contributed by atoms with Crippen LogP contribution in [0.2, 0.25) is 6.04 Å². The maximum Gasteiger partial charge on any atom is 0.413 e. The molecule has 0 saturated carbocycles. The predicted octanol–water partition coefficient (Wildman–Crippen LogP) is 1.91. The van der Waals surface area contributed by atoms with Crippen LogP contribution in [0.25, 0.3) is 0 Å². The molecule has 0 saturated heterocycles. The van der Waals surface area contributed by atoms with Crippen molar-refractivity contribution < 1.29 is 13.6 Å². The SMILES string of the molecule is CCC[Si](OC)(OC)SC(C)=O. The molecule has 0 heterocycles. The minimum atomic E-state index is -2.24. The topological polar surface area (TPSA) is 35.5 Å². The van der Waals surface area contributed by atoms with Gasteiger partial charge in [0.05, 0.1) is 0 Å². The van der Waals surface area contributed by atoms with E-state index in [0.29, 0.717) is 0 Å². The lowest BCUT2D eigenvalue weighted by atomic mass is 10.6. The predicted molar refractivity (Wildman–Crippen MR) is 53.1 cm³/mol. The molecule has 0 aliphatic carbocycles. The molecule has 0 radical (unpaired) electrons. The Morgan fingerprint density at radius 3 is 2.17 bits per heavy atom. The summed E-state index contributed by atoms with van der Waals surface area (Å²) in [7, 11) is 0.985. The van der Waals surface area contributed by atoms with Crippen LogP contribution in [-0.2, 0) is 13.6 Å². The van der Waals surface area contributed by atoms with Crippen molar-refractivity contribution in [2.75, 3.05) is 14.2 Å². The Morgan fingerprint density at radius 2 is 1.92 bits per heavy atom. The van der Waals surface area contributed by atoms with Crippen LogP contribution in [0.1, 0.15) is 20.3 Å². The van der Waals surface area contributed by atoms with E-state index >= 15 is 0 Å². The van der Waals surface area contributed by atoms with Gasteiger partial charge < -0.3 is 8.85 Å². The fourth-order valence-corrected chi connectivity index (χ4v) is 5.57. The summed E-state index contributed by atoms with van der Waals surface area (Å²) >= 11 is 1.23. The van der Waals surface area contributed by atoms with Gasteiger partial charge in [0.1, 0.15) is 0 Å². The monoisotopic (exact) mass is 208 g/mol. The van der Waals surface area contributed by atoms with Gasteiger partial charge >= 0.3 is 7.71 Å². The van der Waals surface area contributed by atoms with Crippen LogP contribution in [0.5, 0.6) is 0 Å². The summed E-state index contributed by atoms with van der Waals surface area (Å²) in [6, 6.07) is 0.851. The Labute approximate surface area is 78.7 Å². The molecule has 0 unspecified atom stereocenters. The summed E-state index contributed by atoms with van der Waals surface area (Å²) in [5.74, 6) is 0. The molecule has 3 nitrogen and oxygen atoms in total. The van der Waals surface area contributed by atoms with Gasteiger partial charge in [0.25, 0.3) is 0 Å². The largest absolute Gasteiger partial charge is 0.413 e. The van der Waals surface area contributed by atoms with Gasteiger partial charge in [0.15, 0.2) is 5.12 Å². The zero-order valence-electron chi connectivity index (χ0n) is 8.05. The highest BCUT2D eigenvalue weighted by molar-refractivity contribution is 8.37. The van der Waals surface area contributed by atoms with E-state index < -0.39 is 7.71 Å². The summed E-state index contributed by atoms with van der Waals surface area (Å²) < 4.78 is 10.6. The van der Waals surface area contributed by atoms with Crippen LogP contribution in [-0.4, -0.2) is 27.0 Å². The van der Waals surface area contributed by atoms with Crippen molar-refractivity contribution in [3.05, 3.63) is 0 Å². The fourth-order valence-electron chi connectivity index (χ4n) is 0.947. The minimum Gasteiger partial charge on any atom is -0.390 e. The quantitative estimate of drug-likeness (QED) is 0.647. The first-order chi connectivity index (χ1) is 5.60. The Kier molecular flexibility index (Phi) is 5.82. The summed E-state index contributed by atoms with van der Waals surface area (Å²) in [5.41, 5.74) is 0. The Balaban J connectivity index is 4.23. The molecule has 0 aromatic heterocycles. The van der Waals surface area contributed by atoms with Crippen molar-refractivity contribution in [2.24, 2.45) is 0 Å². The van der Waals surface area contributed by atoms with Gasteiger partial charge in [-0.25, -0.2) is 0 Å². The second-order valence-corrected chi connectivity index (χ2v) is 8.37. The third kappa shape index (κ3) is 3.71. The zero-order chi connectivity index (χ0) is 9.61. The standard InChI is InChI=1S/C7H16O3SSi/c1-5-6-12(9-3,10-4)11-7(2)8/h5-6H2,1-4H3. The molecule has 0 amide bonds. The highest BCUT2D eigenvalue weighted by Gasteiger charge is 2.37. The first-order valence-corrected chi connectivity index (χ1v) is 7.46. The van der Waals surface area contributed by atoms with E-state index in [1.807, 2.05) is 0 Å². The highest BCUT2D eigenvalue weighted by atomic mass is 32.4. The van der Waals surface area contributed by atoms with Crippen LogP contribution in [0.3, 0.4) is 0 Å². The van der Waals surface area contributed by atoms with Gasteiger partial charge in [-0.05, 0) is 0 Å². The first-order valence-electron chi connectivity index (χ1n) is 3.90. The van der Waals surface area contributed by atoms with Gasteiger partial charge in [0.2, 0.25) is 0 Å². The maximum absolute atomic E-state index is 10.9. The highest BCUT2D eigenvalue weighted by Crippen LogP contribution is 2.27. The van der Waals surface area contributed by atoms with Gasteiger partial charge in [-0.3, -0.25) is 4.79 Å². The number of rotatable bonds is 5. The van der Waals surface area contributed by atoms with Crippen LogP contribution in [0, 0.1) is 0 Å². The maximum atomic E-state index is 10.9. The van der Waals surface area contributed by atoms with E-state index in [0.717, 1.165) is 12.5 Å². The van der Waals surface area contributed by atoms with Crippen LogP contribution < -0.4 is 0 Å². The van der Waals surface area contributed by atoms with Crippen molar-refractivity contribution in [1.29, 1.82) is 0 Å². The lowest BCUT2D eigenvalue weighted by Gasteiger charge is -2.24. The van der Waals surface area contributed by atoms with Crippen LogP contribution >= 0.6 is 11.2 Å². The molecule has 0 rings (SSSR count). The Hall–Kier alpha value is 0.157. The van der Waals surface area contributed by atoms with E-state index in [1.165, 1.54) is 11.2 Å². The number of carbonyl (C=O) groups excluding carboxylic acids is 1. The molecule has 0 aliphatic heterocycles. The summed E-state index contributed by atoms with van der Waals surface area (Å²) in [6.45, 7) is 3.60. The molecular weight excluding hydrogens is 192 g/mol. The normalized spacial score (nSPS) is 11.7. The number of carbonyl (C=O) groups is 1. The molecule has 0 N–H and O–H groups in total. The average Bonchev–Trinajstić information content (AvgIpc) is 2.03. The average molecular weight is 208 g/mol. The van der Waals surface area contributed by atoms with E-state index in [2.05, 4.69) is 6.92 Å². The van der Waals surface area contributed by atoms with Crippen LogP contribution in [0.4, 0.5) is 0 Å². The molecule has 0 bridgehead atoms. The second-order valence-electron chi connectivity index (χ2n) is 2.43. The third-order valence-corrected chi connectivity index (χ3v) is 7.84. The van der Waals surface area contributed by atoms with Crippen LogP contribution in [0.15, 0.2) is 0 Å². The van der Waals surface area contributed by atoms with E-state index in [4.69, 9.17) is 8.85 Å². The summed E-state index contributed by atoms with van der Waals surface area (Å²) in [4.78, 5) is 10.9. The van der Waals surface area contributed by atoms with E-state index in [1.54, 1.807) is 21.1 Å². The smallest absolute Gasteiger partial charge is 0.390 e. The molecule has 12 heavy (non-hydrogen) atoms. The molecule has 0 atom stereocenters. The second kappa shape index (κ2) is 5.74. The Morgan fingerprint density at radius 1 is 1.42 bits per heavy atom. The van der Waals surface area contributed by atoms with Gasteiger partial charge in [-0.1, -0.05) is 24.6 Å². The lowest BCUT2D eigenvalue weighted by Crippen LogP contribution is -2.37. The van der Waals surface area contributed by atoms with Gasteiger partial charge in [0, 0.05) is 27.2 Å². The molecule has 0 fully saturated rings. The molecule has 0 aromatic carbocycles. The van der Waals surface area contributed by atoms with Crippen molar-refractivity contribution in [3.63, 3.8) is 0 Å². The Bertz CT molecular complexity index is 148. The van der Waals surface area contributed by atoms with Crippen molar-refractivity contribution in [3.8, 4) is 0 Å². The molecule has 0 spiro atoms. The van der Waals surface area contributed by atoms with Gasteiger partial charge in [-0.15, -0.1) is 0 Å². The third-order valence-electron chi connectivity index (χ3n) is 1.48. The first kappa shape index (κ1) is 12.2. The molecule has 0 aliphatic rings. The lowest BCUT2D eigenvalue weighted by molar-refractivity contribution is -0.109. The van der Waals surface area contributed by atoms with E-state index in [-0.39, 0.29) is 5.12 Å². The fraction of sp³-hybridized carbons (Fsp3) is 0.857. The number of hydrogen-bond donors (Lipinski definition) is 0. The van der Waals surface area contributed by atoms with Crippen molar-refractivity contribution in [2.45, 2.75) is 26.3 Å². The molecule has 5 heteroatoms. The number of hydrogen-bond acceptors (Lipinski definition) is 4. The summed E-state index contributed by atoms with van der Waals surface area (Å²) in [6.07, 6.45) is 0.980. The van der Waals surface area contributed by atoms with Crippen molar-refractivity contribution >= 4 is 24.0 Å². The van der Waals surface area contributed by atoms with Gasteiger partial charge in [-0.2, -0.15) is 0 Å². The zero-order valence-corrected chi connectivity index (χ0v) is 9.86. The van der Waals surface area contributed by atoms with Crippen molar-refractivity contribution in [1.82, 2.24) is 0 Å². The molecule has 0 aromatic rings. The molecular formula is C7H16O3SSi. The molecule has 72 valence electrons. The van der Waals surface area contributed by atoms with E-state index in [9.17, 15) is 4.79 Å². The minimum absolute atomic E-state index is 0.0683.